The molecule has 4 heteroatoms. The van der Waals surface area contributed by atoms with E-state index in [2.05, 4.69) is 0 Å². The molecule has 0 atom stereocenters. The Morgan fingerprint density at radius 1 is 0.909 bits per heavy atom. The van der Waals surface area contributed by atoms with Gasteiger partial charge in [-0.3, -0.25) is 5.41 Å². The zero-order valence-corrected chi connectivity index (χ0v) is 11.6. The SMILES string of the molecule is N=C(c1ccc(O)cc1)c1c(C(=O)O)ccc2ccccc12. The number of phenols is 1. The highest BCUT2D eigenvalue weighted by atomic mass is 16.4. The van der Waals surface area contributed by atoms with Crippen molar-refractivity contribution in [3.8, 4) is 5.75 Å². The van der Waals surface area contributed by atoms with Crippen LogP contribution in [-0.4, -0.2) is 21.9 Å². The first kappa shape index (κ1) is 13.8. The largest absolute Gasteiger partial charge is 0.508 e. The predicted molar refractivity (Wildman–Crippen MR) is 84.9 cm³/mol. The van der Waals surface area contributed by atoms with Crippen LogP contribution in [0.2, 0.25) is 0 Å². The summed E-state index contributed by atoms with van der Waals surface area (Å²) in [5.41, 5.74) is 1.15. The lowest BCUT2D eigenvalue weighted by Gasteiger charge is -2.12. The van der Waals surface area contributed by atoms with Crippen LogP contribution in [0.3, 0.4) is 0 Å². The molecule has 3 N–H and O–H groups in total. The molecular weight excluding hydrogens is 278 g/mol. The Hall–Kier alpha value is -3.14. The molecule has 108 valence electrons. The van der Waals surface area contributed by atoms with E-state index < -0.39 is 5.97 Å². The van der Waals surface area contributed by atoms with Gasteiger partial charge in [0.15, 0.2) is 0 Å². The van der Waals surface area contributed by atoms with E-state index in [4.69, 9.17) is 5.41 Å². The minimum atomic E-state index is -1.07. The number of aromatic hydroxyl groups is 1. The minimum absolute atomic E-state index is 0.0942. The number of hydrogen-bond acceptors (Lipinski definition) is 3. The fraction of sp³-hybridized carbons (Fsp3) is 0. The topological polar surface area (TPSA) is 81.4 Å². The highest BCUT2D eigenvalue weighted by molar-refractivity contribution is 6.22. The summed E-state index contributed by atoms with van der Waals surface area (Å²) in [6, 6.07) is 16.8. The second-order valence-corrected chi connectivity index (χ2v) is 4.94. The standard InChI is InChI=1S/C18H13NO3/c19-17(12-5-8-13(20)9-6-12)16-14-4-2-1-3-11(14)7-10-15(16)18(21)22/h1-10,19-20H,(H,21,22). The van der Waals surface area contributed by atoms with Crippen LogP contribution in [-0.2, 0) is 0 Å². The van der Waals surface area contributed by atoms with Gasteiger partial charge in [-0.1, -0.05) is 30.3 Å². The number of hydrogen-bond donors (Lipinski definition) is 3. The molecule has 0 spiro atoms. The lowest BCUT2D eigenvalue weighted by Crippen LogP contribution is -2.10. The zero-order chi connectivity index (χ0) is 15.7. The second kappa shape index (κ2) is 5.33. The number of carbonyl (C=O) groups is 1. The summed E-state index contributed by atoms with van der Waals surface area (Å²) in [5.74, 6) is -0.961. The van der Waals surface area contributed by atoms with E-state index in [1.165, 1.54) is 18.2 Å². The number of aromatic carboxylic acids is 1. The quantitative estimate of drug-likeness (QED) is 0.644. The Morgan fingerprint density at radius 3 is 2.27 bits per heavy atom. The Bertz CT molecular complexity index is 882. The van der Waals surface area contributed by atoms with E-state index in [1.54, 1.807) is 18.2 Å². The summed E-state index contributed by atoms with van der Waals surface area (Å²) in [6.45, 7) is 0. The van der Waals surface area contributed by atoms with Crippen molar-refractivity contribution in [3.05, 3.63) is 77.4 Å². The molecule has 0 saturated heterocycles. The highest BCUT2D eigenvalue weighted by Gasteiger charge is 2.18. The number of benzene rings is 3. The third kappa shape index (κ3) is 2.31. The fourth-order valence-electron chi connectivity index (χ4n) is 2.49. The van der Waals surface area contributed by atoms with E-state index in [9.17, 15) is 15.0 Å². The van der Waals surface area contributed by atoms with Crippen LogP contribution in [0.4, 0.5) is 0 Å². The van der Waals surface area contributed by atoms with Gasteiger partial charge in [0, 0.05) is 11.1 Å². The van der Waals surface area contributed by atoms with Crippen LogP contribution in [0.25, 0.3) is 10.8 Å². The van der Waals surface area contributed by atoms with Gasteiger partial charge < -0.3 is 10.2 Å². The average Bonchev–Trinajstić information content (AvgIpc) is 2.53. The number of carboxylic acids is 1. The Morgan fingerprint density at radius 2 is 1.59 bits per heavy atom. The smallest absolute Gasteiger partial charge is 0.336 e. The van der Waals surface area contributed by atoms with Crippen LogP contribution in [0.1, 0.15) is 21.5 Å². The predicted octanol–water partition coefficient (Wildman–Crippen LogP) is 3.66. The number of rotatable bonds is 3. The van der Waals surface area contributed by atoms with Gasteiger partial charge in [0.25, 0.3) is 0 Å². The van der Waals surface area contributed by atoms with Gasteiger partial charge >= 0.3 is 5.97 Å². The molecule has 0 fully saturated rings. The van der Waals surface area contributed by atoms with E-state index in [0.29, 0.717) is 11.1 Å². The van der Waals surface area contributed by atoms with Crippen molar-refractivity contribution in [2.45, 2.75) is 0 Å². The van der Waals surface area contributed by atoms with Crippen molar-refractivity contribution in [2.24, 2.45) is 0 Å². The van der Waals surface area contributed by atoms with Crippen molar-refractivity contribution in [2.75, 3.05) is 0 Å². The first-order valence-corrected chi connectivity index (χ1v) is 6.71. The number of carboxylic acid groups (broad SMARTS) is 1. The lowest BCUT2D eigenvalue weighted by atomic mass is 9.92. The Labute approximate surface area is 126 Å². The van der Waals surface area contributed by atoms with Gasteiger partial charge in [0.1, 0.15) is 5.75 Å². The van der Waals surface area contributed by atoms with Gasteiger partial charge in [0.2, 0.25) is 0 Å². The van der Waals surface area contributed by atoms with E-state index in [1.807, 2.05) is 24.3 Å². The maximum absolute atomic E-state index is 11.5. The Balaban J connectivity index is 2.27. The summed E-state index contributed by atoms with van der Waals surface area (Å²) in [5, 5.41) is 28.8. The summed E-state index contributed by atoms with van der Waals surface area (Å²) in [6.07, 6.45) is 0. The van der Waals surface area contributed by atoms with E-state index >= 15 is 0 Å². The van der Waals surface area contributed by atoms with E-state index in [0.717, 1.165) is 10.8 Å². The summed E-state index contributed by atoms with van der Waals surface area (Å²) in [4.78, 5) is 11.5. The Kier molecular flexibility index (Phi) is 3.35. The van der Waals surface area contributed by atoms with Crippen LogP contribution in [0.15, 0.2) is 60.7 Å². The number of phenolic OH excluding ortho intramolecular Hbond substituents is 1. The van der Waals surface area contributed by atoms with Crippen molar-refractivity contribution in [3.63, 3.8) is 0 Å². The molecular formula is C18H13NO3. The van der Waals surface area contributed by atoms with Crippen LogP contribution < -0.4 is 0 Å². The first-order valence-electron chi connectivity index (χ1n) is 6.71. The molecule has 0 saturated carbocycles. The molecule has 0 unspecified atom stereocenters. The molecule has 0 radical (unpaired) electrons. The molecule has 0 aromatic heterocycles. The third-order valence-corrected chi connectivity index (χ3v) is 3.57. The molecule has 3 aromatic carbocycles. The van der Waals surface area contributed by atoms with Gasteiger partial charge in [0.05, 0.1) is 11.3 Å². The maximum atomic E-state index is 11.5. The molecule has 0 aliphatic carbocycles. The molecule has 4 nitrogen and oxygen atoms in total. The third-order valence-electron chi connectivity index (χ3n) is 3.57. The van der Waals surface area contributed by atoms with Crippen LogP contribution >= 0.6 is 0 Å². The zero-order valence-electron chi connectivity index (χ0n) is 11.6. The highest BCUT2D eigenvalue weighted by Crippen LogP contribution is 2.26. The van der Waals surface area contributed by atoms with Crippen molar-refractivity contribution < 1.29 is 15.0 Å². The van der Waals surface area contributed by atoms with Crippen molar-refractivity contribution in [1.82, 2.24) is 0 Å². The first-order chi connectivity index (χ1) is 10.6. The monoisotopic (exact) mass is 291 g/mol. The van der Waals surface area contributed by atoms with E-state index in [-0.39, 0.29) is 17.0 Å². The summed E-state index contributed by atoms with van der Waals surface area (Å²) < 4.78 is 0. The second-order valence-electron chi connectivity index (χ2n) is 4.94. The normalized spacial score (nSPS) is 10.5. The minimum Gasteiger partial charge on any atom is -0.508 e. The van der Waals surface area contributed by atoms with Gasteiger partial charge in [-0.15, -0.1) is 0 Å². The number of fused-ring (bicyclic) bond motifs is 1. The number of nitrogens with one attached hydrogen (secondary N) is 1. The fourth-order valence-corrected chi connectivity index (χ4v) is 2.49. The van der Waals surface area contributed by atoms with Crippen molar-refractivity contribution in [1.29, 1.82) is 5.41 Å². The summed E-state index contributed by atoms with van der Waals surface area (Å²) in [7, 11) is 0. The molecule has 0 aliphatic rings. The molecule has 0 aliphatic heterocycles. The van der Waals surface area contributed by atoms with Gasteiger partial charge in [-0.2, -0.15) is 0 Å². The van der Waals surface area contributed by atoms with Crippen LogP contribution in [0.5, 0.6) is 5.75 Å². The molecule has 3 rings (SSSR count). The maximum Gasteiger partial charge on any atom is 0.336 e. The molecule has 22 heavy (non-hydrogen) atoms. The van der Waals surface area contributed by atoms with Gasteiger partial charge in [-0.25, -0.2) is 4.79 Å². The van der Waals surface area contributed by atoms with Crippen molar-refractivity contribution >= 4 is 22.5 Å². The molecule has 3 aromatic rings. The average molecular weight is 291 g/mol. The van der Waals surface area contributed by atoms with Crippen LogP contribution in [0, 0.1) is 5.41 Å². The molecule has 0 heterocycles. The molecule has 0 amide bonds. The lowest BCUT2D eigenvalue weighted by molar-refractivity contribution is 0.0697. The summed E-state index contributed by atoms with van der Waals surface area (Å²) >= 11 is 0. The molecule has 0 bridgehead atoms. The van der Waals surface area contributed by atoms with Gasteiger partial charge in [-0.05, 0) is 41.1 Å².